The molecule has 0 spiro atoms. The summed E-state index contributed by atoms with van der Waals surface area (Å²) in [6.45, 7) is 2.84. The highest BCUT2D eigenvalue weighted by molar-refractivity contribution is 5.64. The van der Waals surface area contributed by atoms with Gasteiger partial charge in [-0.2, -0.15) is 0 Å². The lowest BCUT2D eigenvalue weighted by atomic mass is 10.1. The van der Waals surface area contributed by atoms with Crippen LogP contribution in [-0.4, -0.2) is 15.2 Å². The lowest BCUT2D eigenvalue weighted by Crippen LogP contribution is -2.00. The molecule has 0 fully saturated rings. The van der Waals surface area contributed by atoms with Gasteiger partial charge in [0.1, 0.15) is 0 Å². The third-order valence-corrected chi connectivity index (χ3v) is 2.99. The third-order valence-electron chi connectivity index (χ3n) is 2.99. The van der Waals surface area contributed by atoms with Crippen LogP contribution in [0.3, 0.4) is 0 Å². The standard InChI is InChI=1S/C14H14N4O/c1-10-2-3-12(14-18-17-9-19-14)6-13(10)16-8-11-4-5-15-7-11/h2-7,9,15-16H,8H2,1H3. The van der Waals surface area contributed by atoms with Crippen molar-refractivity contribution >= 4 is 5.69 Å². The second-order valence-electron chi connectivity index (χ2n) is 4.35. The van der Waals surface area contributed by atoms with Gasteiger partial charge in [0.2, 0.25) is 12.3 Å². The molecular weight excluding hydrogens is 240 g/mol. The maximum absolute atomic E-state index is 5.21. The molecule has 1 aromatic carbocycles. The van der Waals surface area contributed by atoms with Gasteiger partial charge in [0.25, 0.3) is 0 Å². The molecule has 0 unspecified atom stereocenters. The average molecular weight is 254 g/mol. The maximum atomic E-state index is 5.21. The SMILES string of the molecule is Cc1ccc(-c2nnco2)cc1NCc1cc[nH]c1. The highest BCUT2D eigenvalue weighted by atomic mass is 16.4. The van der Waals surface area contributed by atoms with Gasteiger partial charge in [-0.05, 0) is 36.2 Å². The number of benzene rings is 1. The third kappa shape index (κ3) is 2.49. The Labute approximate surface area is 110 Å². The molecule has 2 heterocycles. The minimum absolute atomic E-state index is 0.532. The molecule has 0 aliphatic carbocycles. The predicted octanol–water partition coefficient (Wildman–Crippen LogP) is 2.99. The molecule has 0 radical (unpaired) electrons. The number of rotatable bonds is 4. The summed E-state index contributed by atoms with van der Waals surface area (Å²) in [5.74, 6) is 0.532. The van der Waals surface area contributed by atoms with Gasteiger partial charge in [-0.25, -0.2) is 0 Å². The summed E-state index contributed by atoms with van der Waals surface area (Å²) < 4.78 is 5.21. The summed E-state index contributed by atoms with van der Waals surface area (Å²) in [6.07, 6.45) is 5.23. The fourth-order valence-corrected chi connectivity index (χ4v) is 1.91. The molecule has 0 amide bonds. The quantitative estimate of drug-likeness (QED) is 0.751. The summed E-state index contributed by atoms with van der Waals surface area (Å²) in [4.78, 5) is 3.04. The van der Waals surface area contributed by atoms with Crippen LogP contribution in [0, 0.1) is 6.92 Å². The number of hydrogen-bond acceptors (Lipinski definition) is 4. The molecule has 5 nitrogen and oxygen atoms in total. The Bertz CT molecular complexity index is 644. The van der Waals surface area contributed by atoms with Crippen molar-refractivity contribution in [2.24, 2.45) is 0 Å². The topological polar surface area (TPSA) is 66.7 Å². The van der Waals surface area contributed by atoms with Crippen molar-refractivity contribution in [1.82, 2.24) is 15.2 Å². The van der Waals surface area contributed by atoms with Crippen LogP contribution >= 0.6 is 0 Å². The molecule has 0 saturated heterocycles. The van der Waals surface area contributed by atoms with Crippen LogP contribution in [0.2, 0.25) is 0 Å². The molecule has 5 heteroatoms. The van der Waals surface area contributed by atoms with Crippen molar-refractivity contribution in [3.63, 3.8) is 0 Å². The summed E-state index contributed by atoms with van der Waals surface area (Å²) in [7, 11) is 0. The van der Waals surface area contributed by atoms with E-state index in [1.54, 1.807) is 0 Å². The number of aromatic amines is 1. The summed E-state index contributed by atoms with van der Waals surface area (Å²) in [5, 5.41) is 11.0. The number of nitrogens with zero attached hydrogens (tertiary/aromatic N) is 2. The Morgan fingerprint density at radius 2 is 2.26 bits per heavy atom. The Morgan fingerprint density at radius 1 is 1.32 bits per heavy atom. The smallest absolute Gasteiger partial charge is 0.247 e. The first-order valence-corrected chi connectivity index (χ1v) is 6.05. The van der Waals surface area contributed by atoms with E-state index >= 15 is 0 Å². The first-order valence-electron chi connectivity index (χ1n) is 6.05. The van der Waals surface area contributed by atoms with Crippen LogP contribution in [0.5, 0.6) is 0 Å². The molecule has 3 rings (SSSR count). The van der Waals surface area contributed by atoms with E-state index in [9.17, 15) is 0 Å². The molecule has 3 aromatic rings. The normalized spacial score (nSPS) is 10.6. The summed E-state index contributed by atoms with van der Waals surface area (Å²) in [6, 6.07) is 8.09. The Kier molecular flexibility index (Phi) is 3.02. The van der Waals surface area contributed by atoms with E-state index in [2.05, 4.69) is 27.4 Å². The van der Waals surface area contributed by atoms with Gasteiger partial charge in [-0.15, -0.1) is 10.2 Å². The second kappa shape index (κ2) is 4.97. The van der Waals surface area contributed by atoms with Crippen molar-refractivity contribution in [2.75, 3.05) is 5.32 Å². The molecule has 0 saturated carbocycles. The molecule has 19 heavy (non-hydrogen) atoms. The van der Waals surface area contributed by atoms with Gasteiger partial charge in [-0.1, -0.05) is 6.07 Å². The van der Waals surface area contributed by atoms with Gasteiger partial charge < -0.3 is 14.7 Å². The van der Waals surface area contributed by atoms with Crippen LogP contribution < -0.4 is 5.32 Å². The van der Waals surface area contributed by atoms with E-state index in [1.807, 2.05) is 36.7 Å². The van der Waals surface area contributed by atoms with Gasteiger partial charge in [-0.3, -0.25) is 0 Å². The molecule has 96 valence electrons. The minimum atomic E-state index is 0.532. The zero-order chi connectivity index (χ0) is 13.1. The van der Waals surface area contributed by atoms with E-state index in [0.717, 1.165) is 17.8 Å². The Hall–Kier alpha value is -2.56. The number of aryl methyl sites for hydroxylation is 1. The molecule has 0 aliphatic heterocycles. The predicted molar refractivity (Wildman–Crippen MR) is 72.6 cm³/mol. The van der Waals surface area contributed by atoms with Crippen molar-refractivity contribution in [3.8, 4) is 11.5 Å². The number of nitrogens with one attached hydrogen (secondary N) is 2. The van der Waals surface area contributed by atoms with E-state index in [4.69, 9.17) is 4.42 Å². The highest BCUT2D eigenvalue weighted by Crippen LogP contribution is 2.24. The lowest BCUT2D eigenvalue weighted by Gasteiger charge is -2.09. The van der Waals surface area contributed by atoms with Crippen LogP contribution in [-0.2, 0) is 6.54 Å². The number of hydrogen-bond donors (Lipinski definition) is 2. The number of H-pyrrole nitrogens is 1. The van der Waals surface area contributed by atoms with Crippen molar-refractivity contribution in [3.05, 3.63) is 54.2 Å². The monoisotopic (exact) mass is 254 g/mol. The maximum Gasteiger partial charge on any atom is 0.247 e. The van der Waals surface area contributed by atoms with E-state index < -0.39 is 0 Å². The largest absolute Gasteiger partial charge is 0.423 e. The van der Waals surface area contributed by atoms with Gasteiger partial charge in [0, 0.05) is 30.2 Å². The van der Waals surface area contributed by atoms with Crippen LogP contribution in [0.25, 0.3) is 11.5 Å². The molecule has 0 bridgehead atoms. The molecule has 2 N–H and O–H groups in total. The van der Waals surface area contributed by atoms with Gasteiger partial charge in [0.05, 0.1) is 0 Å². The molecule has 0 aliphatic rings. The fourth-order valence-electron chi connectivity index (χ4n) is 1.91. The van der Waals surface area contributed by atoms with Gasteiger partial charge in [0.15, 0.2) is 0 Å². The average Bonchev–Trinajstić information content (AvgIpc) is 3.11. The van der Waals surface area contributed by atoms with Crippen molar-refractivity contribution < 1.29 is 4.42 Å². The molecular formula is C14H14N4O. The van der Waals surface area contributed by atoms with Crippen LogP contribution in [0.15, 0.2) is 47.5 Å². The van der Waals surface area contributed by atoms with Crippen LogP contribution in [0.4, 0.5) is 5.69 Å². The zero-order valence-corrected chi connectivity index (χ0v) is 10.6. The van der Waals surface area contributed by atoms with Crippen LogP contribution in [0.1, 0.15) is 11.1 Å². The first-order chi connectivity index (χ1) is 9.33. The second-order valence-corrected chi connectivity index (χ2v) is 4.35. The lowest BCUT2D eigenvalue weighted by molar-refractivity contribution is 0.568. The summed E-state index contributed by atoms with van der Waals surface area (Å²) >= 11 is 0. The zero-order valence-electron chi connectivity index (χ0n) is 10.6. The fraction of sp³-hybridized carbons (Fsp3) is 0.143. The van der Waals surface area contributed by atoms with Gasteiger partial charge >= 0.3 is 0 Å². The number of aromatic nitrogens is 3. The number of anilines is 1. The summed E-state index contributed by atoms with van der Waals surface area (Å²) in [5.41, 5.74) is 4.37. The molecule has 0 atom stereocenters. The van der Waals surface area contributed by atoms with Crippen molar-refractivity contribution in [1.29, 1.82) is 0 Å². The first kappa shape index (κ1) is 11.5. The van der Waals surface area contributed by atoms with Crippen molar-refractivity contribution in [2.45, 2.75) is 13.5 Å². The minimum Gasteiger partial charge on any atom is -0.423 e. The Balaban J connectivity index is 1.82. The molecule has 2 aromatic heterocycles. The Morgan fingerprint density at radius 3 is 3.00 bits per heavy atom. The van der Waals surface area contributed by atoms with E-state index in [1.165, 1.54) is 17.5 Å². The van der Waals surface area contributed by atoms with E-state index in [0.29, 0.717) is 5.89 Å². The van der Waals surface area contributed by atoms with E-state index in [-0.39, 0.29) is 0 Å². The highest BCUT2D eigenvalue weighted by Gasteiger charge is 2.06.